The molecular weight excluding hydrogens is 997 g/mol. The van der Waals surface area contributed by atoms with Crippen molar-refractivity contribution in [3.8, 4) is 0 Å². The average molecular weight is 1120 g/mol. The second kappa shape index (κ2) is 68.3. The van der Waals surface area contributed by atoms with Gasteiger partial charge in [-0.2, -0.15) is 0 Å². The highest BCUT2D eigenvalue weighted by atomic mass is 16.6. The van der Waals surface area contributed by atoms with Gasteiger partial charge >= 0.3 is 17.9 Å². The Morgan fingerprint density at radius 2 is 0.481 bits per heavy atom. The van der Waals surface area contributed by atoms with Crippen LogP contribution < -0.4 is 0 Å². The molecule has 0 saturated carbocycles. The van der Waals surface area contributed by atoms with Crippen molar-refractivity contribution in [2.45, 2.75) is 322 Å². The van der Waals surface area contributed by atoms with E-state index in [1.165, 1.54) is 141 Å². The number of esters is 3. The van der Waals surface area contributed by atoms with Gasteiger partial charge in [-0.1, -0.05) is 303 Å². The molecule has 0 radical (unpaired) electrons. The quantitative estimate of drug-likeness (QED) is 0.0261. The van der Waals surface area contributed by atoms with Gasteiger partial charge in [0.05, 0.1) is 0 Å². The molecule has 0 aromatic rings. The molecule has 0 aliphatic heterocycles. The van der Waals surface area contributed by atoms with Gasteiger partial charge in [-0.3, -0.25) is 14.4 Å². The zero-order chi connectivity index (χ0) is 58.5. The zero-order valence-corrected chi connectivity index (χ0v) is 53.0. The fourth-order valence-electron chi connectivity index (χ4n) is 9.37. The van der Waals surface area contributed by atoms with Crippen LogP contribution in [0.3, 0.4) is 0 Å². The van der Waals surface area contributed by atoms with E-state index >= 15 is 0 Å². The maximum absolute atomic E-state index is 12.9. The highest BCUT2D eigenvalue weighted by molar-refractivity contribution is 5.71. The molecule has 0 heterocycles. The van der Waals surface area contributed by atoms with E-state index in [0.29, 0.717) is 19.3 Å². The van der Waals surface area contributed by atoms with E-state index in [-0.39, 0.29) is 31.1 Å². The summed E-state index contributed by atoms with van der Waals surface area (Å²) in [6, 6.07) is 0. The Kier molecular flexibility index (Phi) is 64.8. The highest BCUT2D eigenvalue weighted by Crippen LogP contribution is 2.16. The molecule has 1 unspecified atom stereocenters. The summed E-state index contributed by atoms with van der Waals surface area (Å²) < 4.78 is 16.9. The van der Waals surface area contributed by atoms with Gasteiger partial charge < -0.3 is 14.2 Å². The average Bonchev–Trinajstić information content (AvgIpc) is 3.47. The monoisotopic (exact) mass is 1120 g/mol. The molecule has 0 N–H and O–H groups in total. The van der Waals surface area contributed by atoms with E-state index in [2.05, 4.69) is 142 Å². The molecule has 0 aromatic heterocycles. The summed E-state index contributed by atoms with van der Waals surface area (Å²) in [5.41, 5.74) is 0. The van der Waals surface area contributed by atoms with E-state index in [4.69, 9.17) is 14.2 Å². The van der Waals surface area contributed by atoms with Crippen LogP contribution in [0, 0.1) is 0 Å². The predicted octanol–water partition coefficient (Wildman–Crippen LogP) is 23.6. The first kappa shape index (κ1) is 76.8. The lowest BCUT2D eigenvalue weighted by Crippen LogP contribution is -2.30. The van der Waals surface area contributed by atoms with Crippen LogP contribution in [0.15, 0.2) is 122 Å². The van der Waals surface area contributed by atoms with Crippen molar-refractivity contribution in [3.63, 3.8) is 0 Å². The van der Waals surface area contributed by atoms with Crippen molar-refractivity contribution in [1.29, 1.82) is 0 Å². The zero-order valence-electron chi connectivity index (χ0n) is 53.0. The van der Waals surface area contributed by atoms with E-state index in [1.807, 2.05) is 0 Å². The first-order valence-corrected chi connectivity index (χ1v) is 34.0. The second-order valence-electron chi connectivity index (χ2n) is 22.4. The standard InChI is InChI=1S/C75H126O6/c1-4-7-10-13-16-19-22-24-26-28-30-31-32-33-34-35-36-37-38-39-40-41-42-43-45-46-48-50-53-56-59-62-65-68-74(77)80-71-72(70-79-73(76)67-64-61-58-55-52-21-18-15-12-9-6-3)81-75(78)69-66-63-60-57-54-51-49-47-44-29-27-25-23-20-17-14-11-8-5-2/h7,10,16,19,24-27,30-31,33-34,36-37,39-40,42-43,46,48,72H,4-6,8-9,11-15,17-18,20-23,28-29,32,35,38,41,44-45,47,49-71H2,1-3H3/b10-7-,19-16-,26-24-,27-25-,31-30-,34-33-,37-36-,40-39-,43-42-,48-46-. The van der Waals surface area contributed by atoms with Crippen LogP contribution in [0.5, 0.6) is 0 Å². The maximum atomic E-state index is 12.9. The van der Waals surface area contributed by atoms with Gasteiger partial charge in [-0.15, -0.1) is 0 Å². The van der Waals surface area contributed by atoms with E-state index in [0.717, 1.165) is 135 Å². The molecular formula is C75H126O6. The molecule has 0 aliphatic carbocycles. The number of ether oxygens (including phenoxy) is 3. The minimum Gasteiger partial charge on any atom is -0.462 e. The number of allylic oxidation sites excluding steroid dienone is 20. The first-order valence-electron chi connectivity index (χ1n) is 34.0. The molecule has 462 valence electrons. The molecule has 1 atom stereocenters. The summed E-state index contributed by atoms with van der Waals surface area (Å²) in [5.74, 6) is -0.898. The molecule has 0 aromatic carbocycles. The summed E-state index contributed by atoms with van der Waals surface area (Å²) in [6.45, 7) is 6.52. The van der Waals surface area contributed by atoms with Gasteiger partial charge in [0.25, 0.3) is 0 Å². The molecule has 0 amide bonds. The van der Waals surface area contributed by atoms with Crippen LogP contribution in [0.4, 0.5) is 0 Å². The van der Waals surface area contributed by atoms with Crippen molar-refractivity contribution in [3.05, 3.63) is 122 Å². The van der Waals surface area contributed by atoms with Crippen LogP contribution >= 0.6 is 0 Å². The summed E-state index contributed by atoms with van der Waals surface area (Å²) in [7, 11) is 0. The molecule has 6 heteroatoms. The Morgan fingerprint density at radius 1 is 0.259 bits per heavy atom. The molecule has 0 rings (SSSR count). The van der Waals surface area contributed by atoms with Crippen molar-refractivity contribution < 1.29 is 28.6 Å². The maximum Gasteiger partial charge on any atom is 0.306 e. The fraction of sp³-hybridized carbons (Fsp3) is 0.693. The first-order chi connectivity index (χ1) is 40.0. The van der Waals surface area contributed by atoms with Crippen LogP contribution in [0.1, 0.15) is 316 Å². The van der Waals surface area contributed by atoms with E-state index in [9.17, 15) is 14.4 Å². The van der Waals surface area contributed by atoms with Crippen molar-refractivity contribution in [2.24, 2.45) is 0 Å². The predicted molar refractivity (Wildman–Crippen MR) is 353 cm³/mol. The molecule has 0 fully saturated rings. The minimum absolute atomic E-state index is 0.0836. The second-order valence-corrected chi connectivity index (χ2v) is 22.4. The Hall–Kier alpha value is -4.19. The summed E-state index contributed by atoms with van der Waals surface area (Å²) in [5, 5.41) is 0. The van der Waals surface area contributed by atoms with Gasteiger partial charge in [-0.05, 0) is 116 Å². The summed E-state index contributed by atoms with van der Waals surface area (Å²) >= 11 is 0. The third kappa shape index (κ3) is 66.5. The van der Waals surface area contributed by atoms with Gasteiger partial charge in [0.15, 0.2) is 6.10 Å². The molecule has 0 saturated heterocycles. The Morgan fingerprint density at radius 3 is 0.765 bits per heavy atom. The Balaban J connectivity index is 4.29. The van der Waals surface area contributed by atoms with Crippen LogP contribution in [-0.2, 0) is 28.6 Å². The van der Waals surface area contributed by atoms with Gasteiger partial charge in [0, 0.05) is 19.3 Å². The van der Waals surface area contributed by atoms with Crippen LogP contribution in [-0.4, -0.2) is 37.2 Å². The van der Waals surface area contributed by atoms with Crippen LogP contribution in [0.2, 0.25) is 0 Å². The van der Waals surface area contributed by atoms with E-state index in [1.54, 1.807) is 0 Å². The van der Waals surface area contributed by atoms with Gasteiger partial charge in [-0.25, -0.2) is 0 Å². The number of hydrogen-bond donors (Lipinski definition) is 0. The molecule has 81 heavy (non-hydrogen) atoms. The smallest absolute Gasteiger partial charge is 0.306 e. The van der Waals surface area contributed by atoms with Gasteiger partial charge in [0.1, 0.15) is 13.2 Å². The van der Waals surface area contributed by atoms with Crippen molar-refractivity contribution >= 4 is 17.9 Å². The molecule has 6 nitrogen and oxygen atoms in total. The third-order valence-corrected chi connectivity index (χ3v) is 14.5. The normalized spacial score (nSPS) is 12.9. The number of carbonyl (C=O) groups is 3. The highest BCUT2D eigenvalue weighted by Gasteiger charge is 2.19. The number of rotatable bonds is 61. The Bertz CT molecular complexity index is 1670. The number of hydrogen-bond acceptors (Lipinski definition) is 6. The molecule has 0 aliphatic rings. The fourth-order valence-corrected chi connectivity index (χ4v) is 9.37. The lowest BCUT2D eigenvalue weighted by molar-refractivity contribution is -0.167. The van der Waals surface area contributed by atoms with Crippen LogP contribution in [0.25, 0.3) is 0 Å². The lowest BCUT2D eigenvalue weighted by atomic mass is 10.1. The van der Waals surface area contributed by atoms with Crippen molar-refractivity contribution in [2.75, 3.05) is 13.2 Å². The lowest BCUT2D eigenvalue weighted by Gasteiger charge is -2.18. The topological polar surface area (TPSA) is 78.9 Å². The number of unbranched alkanes of at least 4 members (excludes halogenated alkanes) is 30. The summed E-state index contributed by atoms with van der Waals surface area (Å²) in [4.78, 5) is 38.3. The number of carbonyl (C=O) groups excluding carboxylic acids is 3. The van der Waals surface area contributed by atoms with E-state index < -0.39 is 6.10 Å². The molecule has 0 spiro atoms. The largest absolute Gasteiger partial charge is 0.462 e. The minimum atomic E-state index is -0.788. The third-order valence-electron chi connectivity index (χ3n) is 14.5. The SMILES string of the molecule is CC/C=C\C/C=C\C/C=C\C/C=C\C/C=C\C/C=C\C/C=C\C/C=C\C/C=C\CCCCCCCC(=O)OCC(COC(=O)CCCCCCCCCCCCC)OC(=O)CCCCCCCCCCC/C=C\CCCCCCCC. The summed E-state index contributed by atoms with van der Waals surface area (Å²) in [6.07, 6.45) is 95.0. The Labute approximate surface area is 501 Å². The van der Waals surface area contributed by atoms with Crippen molar-refractivity contribution in [1.82, 2.24) is 0 Å². The molecule has 0 bridgehead atoms. The van der Waals surface area contributed by atoms with Gasteiger partial charge in [0.2, 0.25) is 0 Å².